The van der Waals surface area contributed by atoms with Crippen molar-refractivity contribution in [2.45, 2.75) is 33.1 Å². The summed E-state index contributed by atoms with van der Waals surface area (Å²) in [4.78, 5) is 16.3. The van der Waals surface area contributed by atoms with Crippen LogP contribution in [0.5, 0.6) is 5.75 Å². The zero-order valence-electron chi connectivity index (χ0n) is 13.1. The lowest BCUT2D eigenvalue weighted by atomic mass is 10.2. The van der Waals surface area contributed by atoms with Gasteiger partial charge < -0.3 is 10.1 Å². The van der Waals surface area contributed by atoms with E-state index < -0.39 is 0 Å². The summed E-state index contributed by atoms with van der Waals surface area (Å²) < 4.78 is 5.43. The van der Waals surface area contributed by atoms with E-state index in [1.807, 2.05) is 36.6 Å². The van der Waals surface area contributed by atoms with Crippen molar-refractivity contribution < 1.29 is 9.53 Å². The summed E-state index contributed by atoms with van der Waals surface area (Å²) in [7, 11) is 0. The van der Waals surface area contributed by atoms with Crippen molar-refractivity contribution in [3.63, 3.8) is 0 Å². The zero-order valence-corrected chi connectivity index (χ0v) is 13.9. The van der Waals surface area contributed by atoms with Crippen LogP contribution in [0.4, 0.5) is 0 Å². The topological polar surface area (TPSA) is 51.2 Å². The van der Waals surface area contributed by atoms with Gasteiger partial charge in [-0.25, -0.2) is 4.98 Å². The summed E-state index contributed by atoms with van der Waals surface area (Å²) >= 11 is 1.56. The number of amides is 1. The number of rotatable bonds is 8. The van der Waals surface area contributed by atoms with Crippen molar-refractivity contribution in [3.8, 4) is 16.3 Å². The van der Waals surface area contributed by atoms with E-state index in [1.54, 1.807) is 11.3 Å². The highest BCUT2D eigenvalue weighted by molar-refractivity contribution is 7.13. The third kappa shape index (κ3) is 4.84. The van der Waals surface area contributed by atoms with E-state index in [0.29, 0.717) is 13.0 Å². The fourth-order valence-corrected chi connectivity index (χ4v) is 2.84. The largest absolute Gasteiger partial charge is 0.494 e. The quantitative estimate of drug-likeness (QED) is 0.756. The number of hydrogen-bond donors (Lipinski definition) is 1. The number of nitrogens with zero attached hydrogens (tertiary/aromatic N) is 1. The molecule has 118 valence electrons. The molecule has 0 aliphatic rings. The molecule has 2 rings (SSSR count). The molecule has 0 atom stereocenters. The number of aromatic nitrogens is 1. The predicted octanol–water partition coefficient (Wildman–Crippen LogP) is 3.67. The van der Waals surface area contributed by atoms with E-state index in [-0.39, 0.29) is 5.91 Å². The van der Waals surface area contributed by atoms with Crippen LogP contribution in [0.3, 0.4) is 0 Å². The van der Waals surface area contributed by atoms with Gasteiger partial charge in [0.15, 0.2) is 0 Å². The summed E-state index contributed by atoms with van der Waals surface area (Å²) in [5.74, 6) is 0.898. The Morgan fingerprint density at radius 2 is 2.05 bits per heavy atom. The molecule has 1 aromatic carbocycles. The lowest BCUT2D eigenvalue weighted by Gasteiger charge is -2.03. The summed E-state index contributed by atoms with van der Waals surface area (Å²) in [6.07, 6.45) is 2.44. The summed E-state index contributed by atoms with van der Waals surface area (Å²) in [6, 6.07) is 7.87. The van der Waals surface area contributed by atoms with Gasteiger partial charge in [0.05, 0.1) is 18.7 Å². The van der Waals surface area contributed by atoms with Gasteiger partial charge in [-0.2, -0.15) is 0 Å². The number of hydrogen-bond acceptors (Lipinski definition) is 4. The van der Waals surface area contributed by atoms with Gasteiger partial charge >= 0.3 is 0 Å². The van der Waals surface area contributed by atoms with Gasteiger partial charge in [-0.05, 0) is 37.6 Å². The molecule has 0 radical (unpaired) electrons. The molecular formula is C17H22N2O2S. The Kier molecular flexibility index (Phi) is 6.40. The Bertz CT molecular complexity index is 593. The molecule has 0 fully saturated rings. The fraction of sp³-hybridized carbons (Fsp3) is 0.412. The number of ether oxygens (including phenoxy) is 1. The molecule has 5 heteroatoms. The fourth-order valence-electron chi connectivity index (χ4n) is 2.01. The van der Waals surface area contributed by atoms with E-state index in [0.717, 1.165) is 41.4 Å². The second kappa shape index (κ2) is 8.54. The molecule has 0 aliphatic carbocycles. The Morgan fingerprint density at radius 3 is 2.73 bits per heavy atom. The molecular weight excluding hydrogens is 296 g/mol. The first-order valence-electron chi connectivity index (χ1n) is 7.67. The smallest absolute Gasteiger partial charge is 0.226 e. The minimum Gasteiger partial charge on any atom is -0.494 e. The van der Waals surface area contributed by atoms with Crippen molar-refractivity contribution >= 4 is 17.2 Å². The van der Waals surface area contributed by atoms with Gasteiger partial charge in [0.25, 0.3) is 0 Å². The molecule has 4 nitrogen and oxygen atoms in total. The molecule has 0 saturated heterocycles. The number of unbranched alkanes of at least 4 members (excludes halogenated alkanes) is 1. The van der Waals surface area contributed by atoms with Crippen molar-refractivity contribution in [1.29, 1.82) is 0 Å². The first-order valence-corrected chi connectivity index (χ1v) is 8.55. The Balaban J connectivity index is 1.94. The van der Waals surface area contributed by atoms with E-state index in [4.69, 9.17) is 4.74 Å². The molecule has 1 aromatic heterocycles. The number of benzene rings is 1. The second-order valence-corrected chi connectivity index (χ2v) is 5.84. The molecule has 0 spiro atoms. The standard InChI is InChI=1S/C17H22N2O2S/c1-3-5-10-18-16(20)11-14-12-22-17(19-14)13-6-8-15(9-7-13)21-4-2/h6-9,12H,3-5,10-11H2,1-2H3,(H,18,20). The SMILES string of the molecule is CCCCNC(=O)Cc1csc(-c2ccc(OCC)cc2)n1. The maximum atomic E-state index is 11.8. The molecule has 22 heavy (non-hydrogen) atoms. The van der Waals surface area contributed by atoms with Crippen LogP contribution in [0.1, 0.15) is 32.4 Å². The minimum atomic E-state index is 0.0389. The average Bonchev–Trinajstić information content (AvgIpc) is 2.97. The van der Waals surface area contributed by atoms with Crippen LogP contribution in [-0.2, 0) is 11.2 Å². The molecule has 2 aromatic rings. The first kappa shape index (κ1) is 16.5. The number of nitrogens with one attached hydrogen (secondary N) is 1. The molecule has 0 aliphatic heterocycles. The van der Waals surface area contributed by atoms with Crippen LogP contribution in [-0.4, -0.2) is 24.0 Å². The van der Waals surface area contributed by atoms with Crippen molar-refractivity contribution in [2.75, 3.05) is 13.2 Å². The van der Waals surface area contributed by atoms with E-state index in [1.165, 1.54) is 0 Å². The highest BCUT2D eigenvalue weighted by Gasteiger charge is 2.09. The molecule has 1 N–H and O–H groups in total. The zero-order chi connectivity index (χ0) is 15.8. The van der Waals surface area contributed by atoms with Crippen LogP contribution < -0.4 is 10.1 Å². The molecule has 1 amide bonds. The Morgan fingerprint density at radius 1 is 1.27 bits per heavy atom. The first-order chi connectivity index (χ1) is 10.7. The van der Waals surface area contributed by atoms with Crippen LogP contribution in [0, 0.1) is 0 Å². The second-order valence-electron chi connectivity index (χ2n) is 4.98. The maximum absolute atomic E-state index is 11.8. The van der Waals surface area contributed by atoms with E-state index >= 15 is 0 Å². The van der Waals surface area contributed by atoms with Gasteiger partial charge in [-0.3, -0.25) is 4.79 Å². The summed E-state index contributed by atoms with van der Waals surface area (Å²) in [5, 5.41) is 5.79. The molecule has 0 bridgehead atoms. The number of thiazole rings is 1. The van der Waals surface area contributed by atoms with Crippen molar-refractivity contribution in [1.82, 2.24) is 10.3 Å². The summed E-state index contributed by atoms with van der Waals surface area (Å²) in [5.41, 5.74) is 1.87. The Labute approximate surface area is 135 Å². The van der Waals surface area contributed by atoms with Gasteiger partial charge in [0.2, 0.25) is 5.91 Å². The van der Waals surface area contributed by atoms with Crippen molar-refractivity contribution in [3.05, 3.63) is 35.3 Å². The van der Waals surface area contributed by atoms with Crippen LogP contribution >= 0.6 is 11.3 Å². The predicted molar refractivity (Wildman–Crippen MR) is 90.3 cm³/mol. The van der Waals surface area contributed by atoms with E-state index in [2.05, 4.69) is 17.2 Å². The average molecular weight is 318 g/mol. The van der Waals surface area contributed by atoms with Gasteiger partial charge in [0.1, 0.15) is 10.8 Å². The lowest BCUT2D eigenvalue weighted by molar-refractivity contribution is -0.120. The van der Waals surface area contributed by atoms with Crippen molar-refractivity contribution in [2.24, 2.45) is 0 Å². The Hall–Kier alpha value is -1.88. The highest BCUT2D eigenvalue weighted by atomic mass is 32.1. The molecule has 1 heterocycles. The summed E-state index contributed by atoms with van der Waals surface area (Å²) in [6.45, 7) is 5.47. The number of carbonyl (C=O) groups is 1. The monoisotopic (exact) mass is 318 g/mol. The molecule has 0 unspecified atom stereocenters. The highest BCUT2D eigenvalue weighted by Crippen LogP contribution is 2.25. The maximum Gasteiger partial charge on any atom is 0.226 e. The molecule has 0 saturated carbocycles. The third-order valence-electron chi connectivity index (χ3n) is 3.16. The van der Waals surface area contributed by atoms with Gasteiger partial charge in [-0.15, -0.1) is 11.3 Å². The lowest BCUT2D eigenvalue weighted by Crippen LogP contribution is -2.26. The number of carbonyl (C=O) groups excluding carboxylic acids is 1. The van der Waals surface area contributed by atoms with Gasteiger partial charge in [-0.1, -0.05) is 13.3 Å². The third-order valence-corrected chi connectivity index (χ3v) is 4.10. The minimum absolute atomic E-state index is 0.0389. The van der Waals surface area contributed by atoms with Gasteiger partial charge in [0, 0.05) is 17.5 Å². The van der Waals surface area contributed by atoms with Crippen LogP contribution in [0.2, 0.25) is 0 Å². The van der Waals surface area contributed by atoms with Crippen LogP contribution in [0.15, 0.2) is 29.6 Å². The van der Waals surface area contributed by atoms with Crippen LogP contribution in [0.25, 0.3) is 10.6 Å². The normalized spacial score (nSPS) is 10.5. The van der Waals surface area contributed by atoms with E-state index in [9.17, 15) is 4.79 Å².